The first kappa shape index (κ1) is 31.8. The number of unbranched alkanes of at least 4 members (excludes halogenated alkanes) is 13. The molecule has 0 bridgehead atoms. The fraction of sp³-hybridized carbons (Fsp3) is 0.514. The Morgan fingerprint density at radius 3 is 1.52 bits per heavy atom. The molecule has 0 aromatic heterocycles. The summed E-state index contributed by atoms with van der Waals surface area (Å²) in [5.41, 5.74) is 4.49. The lowest BCUT2D eigenvalue weighted by Crippen LogP contribution is -2.01. The first-order chi connectivity index (χ1) is 19.6. The number of benzene rings is 3. The van der Waals surface area contributed by atoms with E-state index in [4.69, 9.17) is 4.74 Å². The molecule has 3 aromatic carbocycles. The van der Waals surface area contributed by atoms with Gasteiger partial charge in [-0.05, 0) is 53.6 Å². The molecular weight excluding hydrogens is 498 g/mol. The molecule has 3 rings (SSSR count). The molecule has 0 spiro atoms. The minimum absolute atomic E-state index is 0.00810. The quantitative estimate of drug-likeness (QED) is 0.128. The number of ether oxygens (including phenoxy) is 1. The van der Waals surface area contributed by atoms with E-state index >= 15 is 0 Å². The molecule has 0 radical (unpaired) electrons. The Morgan fingerprint density at radius 2 is 0.950 bits per heavy atom. The molecule has 0 heterocycles. The van der Waals surface area contributed by atoms with Crippen molar-refractivity contribution in [3.8, 4) is 28.0 Å². The summed E-state index contributed by atoms with van der Waals surface area (Å²) in [6.45, 7) is 4.85. The molecule has 1 nitrogen and oxygen atoms in total. The van der Waals surface area contributed by atoms with Gasteiger partial charge in [0.2, 0.25) is 5.82 Å². The maximum atomic E-state index is 14.9. The van der Waals surface area contributed by atoms with Crippen molar-refractivity contribution in [3.05, 3.63) is 77.9 Å². The van der Waals surface area contributed by atoms with E-state index < -0.39 is 11.6 Å². The molecular formula is C37H50F2O. The van der Waals surface area contributed by atoms with Crippen LogP contribution < -0.4 is 4.74 Å². The minimum Gasteiger partial charge on any atom is -0.490 e. The number of hydrogen-bond acceptors (Lipinski definition) is 1. The maximum Gasteiger partial charge on any atom is 0.201 e. The van der Waals surface area contributed by atoms with E-state index in [1.807, 2.05) is 24.3 Å². The van der Waals surface area contributed by atoms with Crippen LogP contribution in [0.15, 0.2) is 60.7 Å². The van der Waals surface area contributed by atoms with Gasteiger partial charge < -0.3 is 4.74 Å². The molecule has 0 aliphatic heterocycles. The van der Waals surface area contributed by atoms with Crippen LogP contribution in [0.2, 0.25) is 0 Å². The second-order valence-corrected chi connectivity index (χ2v) is 11.2. The summed E-state index contributed by atoms with van der Waals surface area (Å²) in [5, 5.41) is 0. The molecule has 0 saturated carbocycles. The lowest BCUT2D eigenvalue weighted by Gasteiger charge is -2.11. The Morgan fingerprint density at radius 1 is 0.475 bits per heavy atom. The fourth-order valence-electron chi connectivity index (χ4n) is 5.28. The zero-order chi connectivity index (χ0) is 28.4. The highest BCUT2D eigenvalue weighted by molar-refractivity contribution is 5.71. The Balaban J connectivity index is 1.44. The molecule has 0 unspecified atom stereocenters. The maximum absolute atomic E-state index is 14.9. The van der Waals surface area contributed by atoms with E-state index in [0.29, 0.717) is 12.2 Å². The molecule has 218 valence electrons. The van der Waals surface area contributed by atoms with E-state index in [1.165, 1.54) is 82.6 Å². The van der Waals surface area contributed by atoms with Gasteiger partial charge in [-0.25, -0.2) is 4.39 Å². The molecule has 0 amide bonds. The Kier molecular flexibility index (Phi) is 14.8. The summed E-state index contributed by atoms with van der Waals surface area (Å²) in [5.74, 6) is -1.77. The van der Waals surface area contributed by atoms with Crippen LogP contribution in [0.25, 0.3) is 22.3 Å². The van der Waals surface area contributed by atoms with Crippen molar-refractivity contribution in [1.29, 1.82) is 0 Å². The van der Waals surface area contributed by atoms with E-state index in [1.54, 1.807) is 12.1 Å². The summed E-state index contributed by atoms with van der Waals surface area (Å²) < 4.78 is 35.1. The molecule has 0 N–H and O–H groups in total. The monoisotopic (exact) mass is 548 g/mol. The van der Waals surface area contributed by atoms with Crippen LogP contribution >= 0.6 is 0 Å². The van der Waals surface area contributed by atoms with Crippen LogP contribution in [0.5, 0.6) is 5.75 Å². The zero-order valence-corrected chi connectivity index (χ0v) is 25.0. The molecule has 0 aliphatic rings. The first-order valence-electron chi connectivity index (χ1n) is 15.9. The predicted octanol–water partition coefficient (Wildman–Crippen LogP) is 12.1. The van der Waals surface area contributed by atoms with Gasteiger partial charge in [-0.3, -0.25) is 0 Å². The average Bonchev–Trinajstić information content (AvgIpc) is 2.98. The van der Waals surface area contributed by atoms with Crippen LogP contribution in [-0.4, -0.2) is 6.61 Å². The molecule has 0 aliphatic carbocycles. The Hall–Kier alpha value is -2.68. The third-order valence-corrected chi connectivity index (χ3v) is 7.85. The fourth-order valence-corrected chi connectivity index (χ4v) is 5.28. The SMILES string of the molecule is CCCCCCCCCCCCc1ccc(-c2ccc(-c3ccc(OCCCCCCC)c(F)c3F)cc2)cc1. The first-order valence-corrected chi connectivity index (χ1v) is 15.9. The van der Waals surface area contributed by atoms with Crippen molar-refractivity contribution in [2.24, 2.45) is 0 Å². The van der Waals surface area contributed by atoms with E-state index in [0.717, 1.165) is 36.8 Å². The van der Waals surface area contributed by atoms with Gasteiger partial charge in [-0.15, -0.1) is 0 Å². The van der Waals surface area contributed by atoms with Crippen molar-refractivity contribution >= 4 is 0 Å². The molecule has 3 heteroatoms. The van der Waals surface area contributed by atoms with Gasteiger partial charge in [-0.1, -0.05) is 146 Å². The molecule has 0 fully saturated rings. The van der Waals surface area contributed by atoms with Crippen molar-refractivity contribution < 1.29 is 13.5 Å². The standard InChI is InChI=1S/C37H50F2O/c1-3-5-7-9-10-11-12-13-14-16-18-30-19-21-31(22-20-30)32-23-25-33(26-24-32)34-27-28-35(37(39)36(34)38)40-29-17-15-8-6-4-2/h19-28H,3-18,29H2,1-2H3. The minimum atomic E-state index is -0.909. The zero-order valence-electron chi connectivity index (χ0n) is 25.0. The molecule has 3 aromatic rings. The lowest BCUT2D eigenvalue weighted by molar-refractivity contribution is 0.285. The summed E-state index contributed by atoms with van der Waals surface area (Å²) in [4.78, 5) is 0. The highest BCUT2D eigenvalue weighted by Crippen LogP contribution is 2.31. The second-order valence-electron chi connectivity index (χ2n) is 11.2. The Bertz CT molecular complexity index is 1090. The second kappa shape index (κ2) is 18.6. The van der Waals surface area contributed by atoms with Gasteiger partial charge >= 0.3 is 0 Å². The van der Waals surface area contributed by atoms with Crippen LogP contribution in [0.4, 0.5) is 8.78 Å². The molecule has 40 heavy (non-hydrogen) atoms. The lowest BCUT2D eigenvalue weighted by atomic mass is 9.98. The van der Waals surface area contributed by atoms with Crippen LogP contribution in [-0.2, 0) is 6.42 Å². The van der Waals surface area contributed by atoms with Crippen molar-refractivity contribution in [2.45, 2.75) is 117 Å². The topological polar surface area (TPSA) is 9.23 Å². The third-order valence-electron chi connectivity index (χ3n) is 7.85. The smallest absolute Gasteiger partial charge is 0.201 e. The number of halogens is 2. The van der Waals surface area contributed by atoms with E-state index in [-0.39, 0.29) is 11.3 Å². The number of rotatable bonds is 20. The predicted molar refractivity (Wildman–Crippen MR) is 167 cm³/mol. The molecule has 0 saturated heterocycles. The normalized spacial score (nSPS) is 11.2. The highest BCUT2D eigenvalue weighted by atomic mass is 19.2. The highest BCUT2D eigenvalue weighted by Gasteiger charge is 2.16. The van der Waals surface area contributed by atoms with Gasteiger partial charge in [0, 0.05) is 5.56 Å². The van der Waals surface area contributed by atoms with E-state index in [9.17, 15) is 8.78 Å². The molecule has 0 atom stereocenters. The van der Waals surface area contributed by atoms with Crippen LogP contribution in [0, 0.1) is 11.6 Å². The van der Waals surface area contributed by atoms with Crippen LogP contribution in [0.3, 0.4) is 0 Å². The third kappa shape index (κ3) is 10.7. The van der Waals surface area contributed by atoms with Gasteiger partial charge in [-0.2, -0.15) is 4.39 Å². The summed E-state index contributed by atoms with van der Waals surface area (Å²) in [6, 6.07) is 19.6. The largest absolute Gasteiger partial charge is 0.490 e. The van der Waals surface area contributed by atoms with Gasteiger partial charge in [0.15, 0.2) is 11.6 Å². The summed E-state index contributed by atoms with van der Waals surface area (Å²) in [7, 11) is 0. The Labute approximate surface area is 242 Å². The number of hydrogen-bond donors (Lipinski definition) is 0. The average molecular weight is 549 g/mol. The van der Waals surface area contributed by atoms with Gasteiger partial charge in [0.25, 0.3) is 0 Å². The van der Waals surface area contributed by atoms with Gasteiger partial charge in [0.05, 0.1) is 6.61 Å². The summed E-state index contributed by atoms with van der Waals surface area (Å²) in [6.07, 6.45) is 20.1. The summed E-state index contributed by atoms with van der Waals surface area (Å²) >= 11 is 0. The van der Waals surface area contributed by atoms with E-state index in [2.05, 4.69) is 38.1 Å². The van der Waals surface area contributed by atoms with Crippen molar-refractivity contribution in [3.63, 3.8) is 0 Å². The van der Waals surface area contributed by atoms with Crippen molar-refractivity contribution in [1.82, 2.24) is 0 Å². The van der Waals surface area contributed by atoms with Gasteiger partial charge in [0.1, 0.15) is 0 Å². The van der Waals surface area contributed by atoms with Crippen molar-refractivity contribution in [2.75, 3.05) is 6.61 Å². The van der Waals surface area contributed by atoms with Crippen LogP contribution in [0.1, 0.15) is 116 Å². The number of aryl methyl sites for hydroxylation is 1.